The number of phenols is 1. The van der Waals surface area contributed by atoms with Gasteiger partial charge in [0.15, 0.2) is 11.6 Å². The van der Waals surface area contributed by atoms with Crippen LogP contribution in [0.15, 0.2) is 6.07 Å². The molecule has 0 aromatic heterocycles. The molecule has 0 heterocycles. The number of hydrogen-bond donors (Lipinski definition) is 2. The number of rotatable bonds is 1. The monoisotopic (exact) mass is 193 g/mol. The summed E-state index contributed by atoms with van der Waals surface area (Å²) in [5.74, 6) is -3.39. The summed E-state index contributed by atoms with van der Waals surface area (Å²) in [6.07, 6.45) is 0. The van der Waals surface area contributed by atoms with E-state index in [1.807, 2.05) is 0 Å². The highest BCUT2D eigenvalue weighted by Gasteiger charge is 2.15. The largest absolute Gasteiger partial charge is 0.504 e. The van der Waals surface area contributed by atoms with Crippen LogP contribution in [0.2, 0.25) is 5.02 Å². The molecule has 2 nitrogen and oxygen atoms in total. The van der Waals surface area contributed by atoms with Crippen LogP contribution in [0, 0.1) is 11.6 Å². The van der Waals surface area contributed by atoms with Crippen molar-refractivity contribution in [1.82, 2.24) is 0 Å². The van der Waals surface area contributed by atoms with Crippen molar-refractivity contribution in [3.8, 4) is 5.75 Å². The Morgan fingerprint density at radius 1 is 1.42 bits per heavy atom. The molecule has 0 bridgehead atoms. The zero-order valence-electron chi connectivity index (χ0n) is 5.94. The number of halogens is 3. The summed E-state index contributed by atoms with van der Waals surface area (Å²) >= 11 is 5.36. The maximum Gasteiger partial charge on any atom is 0.202 e. The van der Waals surface area contributed by atoms with Crippen molar-refractivity contribution in [3.05, 3.63) is 28.3 Å². The zero-order chi connectivity index (χ0) is 9.30. The SMILES string of the molecule is NCc1cc(Cl)c(O)c(F)c1F. The topological polar surface area (TPSA) is 46.2 Å². The first-order valence-corrected chi connectivity index (χ1v) is 3.51. The zero-order valence-corrected chi connectivity index (χ0v) is 6.70. The van der Waals surface area contributed by atoms with E-state index >= 15 is 0 Å². The minimum Gasteiger partial charge on any atom is -0.504 e. The van der Waals surface area contributed by atoms with Crippen LogP contribution in [0.25, 0.3) is 0 Å². The molecule has 1 rings (SSSR count). The fourth-order valence-electron chi connectivity index (χ4n) is 0.783. The molecule has 12 heavy (non-hydrogen) atoms. The van der Waals surface area contributed by atoms with E-state index < -0.39 is 17.4 Å². The molecule has 0 aliphatic heterocycles. The molecule has 1 aromatic carbocycles. The average molecular weight is 194 g/mol. The van der Waals surface area contributed by atoms with Crippen LogP contribution in [-0.2, 0) is 6.54 Å². The third kappa shape index (κ3) is 1.35. The van der Waals surface area contributed by atoms with Crippen molar-refractivity contribution in [2.24, 2.45) is 5.73 Å². The van der Waals surface area contributed by atoms with Gasteiger partial charge in [0.25, 0.3) is 0 Å². The first-order chi connectivity index (χ1) is 5.57. The van der Waals surface area contributed by atoms with Gasteiger partial charge in [-0.2, -0.15) is 4.39 Å². The average Bonchev–Trinajstić information content (AvgIpc) is 2.08. The molecule has 0 saturated heterocycles. The van der Waals surface area contributed by atoms with Crippen LogP contribution < -0.4 is 5.73 Å². The van der Waals surface area contributed by atoms with E-state index in [2.05, 4.69) is 0 Å². The molecule has 0 fully saturated rings. The summed E-state index contributed by atoms with van der Waals surface area (Å²) in [5.41, 5.74) is 5.03. The quantitative estimate of drug-likeness (QED) is 0.668. The lowest BCUT2D eigenvalue weighted by molar-refractivity contribution is 0.404. The fraction of sp³-hybridized carbons (Fsp3) is 0.143. The second-order valence-corrected chi connectivity index (χ2v) is 2.61. The molecule has 0 aliphatic carbocycles. The molecule has 0 atom stereocenters. The summed E-state index contributed by atoms with van der Waals surface area (Å²) in [7, 11) is 0. The Balaban J connectivity index is 3.39. The van der Waals surface area contributed by atoms with Crippen LogP contribution in [0.5, 0.6) is 5.75 Å². The summed E-state index contributed by atoms with van der Waals surface area (Å²) in [6.45, 7) is -0.164. The van der Waals surface area contributed by atoms with Crippen LogP contribution >= 0.6 is 11.6 Å². The van der Waals surface area contributed by atoms with Gasteiger partial charge in [-0.05, 0) is 6.07 Å². The van der Waals surface area contributed by atoms with Gasteiger partial charge in [-0.1, -0.05) is 11.6 Å². The van der Waals surface area contributed by atoms with E-state index in [1.165, 1.54) is 0 Å². The Labute approximate surface area is 72.6 Å². The van der Waals surface area contributed by atoms with Crippen molar-refractivity contribution in [2.75, 3.05) is 0 Å². The van der Waals surface area contributed by atoms with E-state index in [0.29, 0.717) is 0 Å². The van der Waals surface area contributed by atoms with Crippen molar-refractivity contribution in [3.63, 3.8) is 0 Å². The summed E-state index contributed by atoms with van der Waals surface area (Å²) < 4.78 is 25.4. The second-order valence-electron chi connectivity index (χ2n) is 2.20. The van der Waals surface area contributed by atoms with Gasteiger partial charge in [-0.25, -0.2) is 4.39 Å². The highest BCUT2D eigenvalue weighted by Crippen LogP contribution is 2.30. The van der Waals surface area contributed by atoms with Gasteiger partial charge in [0.2, 0.25) is 5.82 Å². The molecular formula is C7H6ClF2NO. The Morgan fingerprint density at radius 2 is 2.00 bits per heavy atom. The van der Waals surface area contributed by atoms with Crippen LogP contribution in [0.4, 0.5) is 8.78 Å². The van der Waals surface area contributed by atoms with E-state index in [1.54, 1.807) is 0 Å². The van der Waals surface area contributed by atoms with Crippen molar-refractivity contribution < 1.29 is 13.9 Å². The fourth-order valence-corrected chi connectivity index (χ4v) is 0.998. The number of hydrogen-bond acceptors (Lipinski definition) is 2. The van der Waals surface area contributed by atoms with E-state index in [4.69, 9.17) is 22.4 Å². The lowest BCUT2D eigenvalue weighted by Gasteiger charge is -2.04. The Kier molecular flexibility index (Phi) is 2.49. The van der Waals surface area contributed by atoms with E-state index in [0.717, 1.165) is 6.07 Å². The van der Waals surface area contributed by atoms with E-state index in [9.17, 15) is 8.78 Å². The van der Waals surface area contributed by atoms with Crippen molar-refractivity contribution in [1.29, 1.82) is 0 Å². The first-order valence-electron chi connectivity index (χ1n) is 3.13. The first kappa shape index (κ1) is 9.22. The molecule has 5 heteroatoms. The number of aromatic hydroxyl groups is 1. The van der Waals surface area contributed by atoms with Gasteiger partial charge in [0.05, 0.1) is 5.02 Å². The standard InChI is InChI=1S/C7H6ClF2NO/c8-4-1-3(2-11)5(9)6(10)7(4)12/h1,12H,2,11H2. The van der Waals surface area contributed by atoms with Crippen molar-refractivity contribution in [2.45, 2.75) is 6.54 Å². The molecule has 1 aromatic rings. The molecule has 66 valence electrons. The van der Waals surface area contributed by atoms with Crippen molar-refractivity contribution >= 4 is 11.6 Å². The molecular weight excluding hydrogens is 188 g/mol. The lowest BCUT2D eigenvalue weighted by Crippen LogP contribution is -2.02. The van der Waals surface area contributed by atoms with Crippen LogP contribution in [-0.4, -0.2) is 5.11 Å². The normalized spacial score (nSPS) is 10.3. The molecule has 0 radical (unpaired) electrons. The Hall–Kier alpha value is -0.870. The van der Waals surface area contributed by atoms with Gasteiger partial charge < -0.3 is 10.8 Å². The summed E-state index contributed by atoms with van der Waals surface area (Å²) in [6, 6.07) is 1.09. The van der Waals surface area contributed by atoms with E-state index in [-0.39, 0.29) is 17.1 Å². The molecule has 0 aliphatic rings. The predicted octanol–water partition coefficient (Wildman–Crippen LogP) is 1.78. The van der Waals surface area contributed by atoms with Crippen LogP contribution in [0.1, 0.15) is 5.56 Å². The summed E-state index contributed by atoms with van der Waals surface area (Å²) in [4.78, 5) is 0. The maximum atomic E-state index is 12.8. The highest BCUT2D eigenvalue weighted by molar-refractivity contribution is 6.32. The third-order valence-electron chi connectivity index (χ3n) is 1.43. The second kappa shape index (κ2) is 3.25. The maximum absolute atomic E-state index is 12.8. The number of nitrogens with two attached hydrogens (primary N) is 1. The highest BCUT2D eigenvalue weighted by atomic mass is 35.5. The number of benzene rings is 1. The minimum absolute atomic E-state index is 0.0599. The van der Waals surface area contributed by atoms with Gasteiger partial charge in [0, 0.05) is 12.1 Å². The Bertz CT molecular complexity index is 317. The Morgan fingerprint density at radius 3 is 2.50 bits per heavy atom. The molecule has 0 saturated carbocycles. The molecule has 0 spiro atoms. The number of phenolic OH excluding ortho intramolecular Hbond substituents is 1. The van der Waals surface area contributed by atoms with Gasteiger partial charge in [-0.15, -0.1) is 0 Å². The predicted molar refractivity (Wildman–Crippen MR) is 40.9 cm³/mol. The summed E-state index contributed by atoms with van der Waals surface area (Å²) in [5, 5.41) is 8.58. The van der Waals surface area contributed by atoms with Gasteiger partial charge >= 0.3 is 0 Å². The smallest absolute Gasteiger partial charge is 0.202 e. The third-order valence-corrected chi connectivity index (χ3v) is 1.72. The van der Waals surface area contributed by atoms with Gasteiger partial charge in [0.1, 0.15) is 0 Å². The molecule has 0 amide bonds. The minimum atomic E-state index is -1.36. The van der Waals surface area contributed by atoms with Crippen LogP contribution in [0.3, 0.4) is 0 Å². The van der Waals surface area contributed by atoms with Gasteiger partial charge in [-0.3, -0.25) is 0 Å². The molecule has 3 N–H and O–H groups in total. The molecule has 0 unspecified atom stereocenters. The lowest BCUT2D eigenvalue weighted by atomic mass is 10.2.